The molecule has 0 unspecified atom stereocenters. The number of H-pyrrole nitrogens is 1. The zero-order valence-corrected chi connectivity index (χ0v) is 18.3. The minimum absolute atomic E-state index is 0.0734. The van der Waals surface area contributed by atoms with Crippen LogP contribution in [-0.4, -0.2) is 32.9 Å². The number of nitrogens with one attached hydrogen (secondary N) is 1. The van der Waals surface area contributed by atoms with Crippen molar-refractivity contribution in [1.29, 1.82) is 0 Å². The van der Waals surface area contributed by atoms with Crippen molar-refractivity contribution in [3.8, 4) is 39.8 Å². The molecular weight excluding hydrogens is 456 g/mol. The lowest BCUT2D eigenvalue weighted by Gasteiger charge is -2.08. The van der Waals surface area contributed by atoms with Crippen LogP contribution in [0.5, 0.6) is 23.0 Å². The molecule has 1 aliphatic heterocycles. The SMILES string of the molecule is Cc1[nH]n(-c2ccc3c(c2)OCO3)c(=O)c1N=Nc1cccc(-c2cccc(OC(=O)O)c2)c1O. The van der Waals surface area contributed by atoms with E-state index in [0.717, 1.165) is 0 Å². The first-order valence-electron chi connectivity index (χ1n) is 10.4. The standard InChI is InChI=1S/C24H18N4O7/c1-13-21(23(30)28(27-13)15-8-9-19-20(11-15)34-12-33-19)26-25-18-7-3-6-17(22(18)29)14-4-2-5-16(10-14)35-24(31)32/h2-11,27,29H,12H2,1H3,(H,31,32). The minimum atomic E-state index is -1.44. The highest BCUT2D eigenvalue weighted by atomic mass is 16.7. The normalized spacial score (nSPS) is 12.3. The monoisotopic (exact) mass is 474 g/mol. The maximum Gasteiger partial charge on any atom is 0.511 e. The van der Waals surface area contributed by atoms with Crippen LogP contribution in [0.4, 0.5) is 16.2 Å². The number of para-hydroxylation sites is 1. The molecule has 0 bridgehead atoms. The van der Waals surface area contributed by atoms with Crippen molar-refractivity contribution < 1.29 is 29.2 Å². The van der Waals surface area contributed by atoms with Gasteiger partial charge in [0.1, 0.15) is 11.4 Å². The largest absolute Gasteiger partial charge is 0.511 e. The highest BCUT2D eigenvalue weighted by molar-refractivity contribution is 5.77. The Hall–Kier alpha value is -5.06. The van der Waals surface area contributed by atoms with Gasteiger partial charge in [-0.25, -0.2) is 9.48 Å². The van der Waals surface area contributed by atoms with E-state index in [1.165, 1.54) is 22.9 Å². The molecule has 0 spiro atoms. The van der Waals surface area contributed by atoms with Crippen LogP contribution >= 0.6 is 0 Å². The number of carboxylic acid groups (broad SMARTS) is 1. The molecule has 5 rings (SSSR count). The van der Waals surface area contributed by atoms with Gasteiger partial charge in [0.15, 0.2) is 22.9 Å². The number of aromatic hydroxyl groups is 1. The molecule has 0 saturated carbocycles. The van der Waals surface area contributed by atoms with Crippen molar-refractivity contribution in [2.45, 2.75) is 6.92 Å². The van der Waals surface area contributed by atoms with Crippen molar-refractivity contribution in [3.05, 3.63) is 76.7 Å². The Balaban J connectivity index is 1.46. The van der Waals surface area contributed by atoms with E-state index >= 15 is 0 Å². The van der Waals surface area contributed by atoms with Crippen LogP contribution in [0.15, 0.2) is 75.7 Å². The molecule has 0 atom stereocenters. The lowest BCUT2D eigenvalue weighted by Crippen LogP contribution is -2.13. The molecule has 2 heterocycles. The topological polar surface area (TPSA) is 148 Å². The van der Waals surface area contributed by atoms with Crippen molar-refractivity contribution in [2.75, 3.05) is 6.79 Å². The fourth-order valence-electron chi connectivity index (χ4n) is 3.64. The number of hydrogen-bond donors (Lipinski definition) is 3. The highest BCUT2D eigenvalue weighted by Crippen LogP contribution is 2.39. The van der Waals surface area contributed by atoms with E-state index < -0.39 is 11.7 Å². The summed E-state index contributed by atoms with van der Waals surface area (Å²) in [5.41, 5.74) is 1.69. The minimum Gasteiger partial charge on any atom is -0.505 e. The third-order valence-corrected chi connectivity index (χ3v) is 5.28. The molecule has 0 saturated heterocycles. The average Bonchev–Trinajstić information content (AvgIpc) is 3.41. The van der Waals surface area contributed by atoms with E-state index in [1.807, 2.05) is 0 Å². The summed E-state index contributed by atoms with van der Waals surface area (Å²) in [5.74, 6) is 1.05. The van der Waals surface area contributed by atoms with Crippen molar-refractivity contribution in [3.63, 3.8) is 0 Å². The third kappa shape index (κ3) is 4.17. The lowest BCUT2D eigenvalue weighted by molar-refractivity contribution is 0.144. The van der Waals surface area contributed by atoms with Crippen LogP contribution < -0.4 is 19.8 Å². The van der Waals surface area contributed by atoms with Crippen LogP contribution in [0.3, 0.4) is 0 Å². The van der Waals surface area contributed by atoms with Crippen molar-refractivity contribution in [1.82, 2.24) is 9.78 Å². The van der Waals surface area contributed by atoms with Gasteiger partial charge in [0.05, 0.1) is 11.4 Å². The van der Waals surface area contributed by atoms with E-state index in [4.69, 9.17) is 14.6 Å². The second kappa shape index (κ2) is 8.71. The van der Waals surface area contributed by atoms with Gasteiger partial charge in [0, 0.05) is 11.6 Å². The number of phenols is 1. The summed E-state index contributed by atoms with van der Waals surface area (Å²) in [4.78, 5) is 23.8. The molecule has 0 aliphatic carbocycles. The Bertz CT molecular complexity index is 1540. The van der Waals surface area contributed by atoms with Crippen LogP contribution in [0.1, 0.15) is 5.69 Å². The Kier molecular flexibility index (Phi) is 5.41. The molecule has 4 aromatic rings. The molecule has 0 amide bonds. The fraction of sp³-hybridized carbons (Fsp3) is 0.0833. The molecule has 3 N–H and O–H groups in total. The summed E-state index contributed by atoms with van der Waals surface area (Å²) in [6.45, 7) is 1.81. The number of phenolic OH excluding ortho intramolecular Hbond substituents is 1. The zero-order valence-electron chi connectivity index (χ0n) is 18.3. The Labute approximate surface area is 197 Å². The number of aryl methyl sites for hydroxylation is 1. The molecule has 1 aromatic heterocycles. The Morgan fingerprint density at radius 1 is 1.06 bits per heavy atom. The molecule has 11 nitrogen and oxygen atoms in total. The first-order chi connectivity index (χ1) is 16.9. The molecule has 0 radical (unpaired) electrons. The number of ether oxygens (including phenoxy) is 3. The van der Waals surface area contributed by atoms with Gasteiger partial charge >= 0.3 is 6.16 Å². The molecule has 176 valence electrons. The quantitative estimate of drug-likeness (QED) is 0.208. The second-order valence-electron chi connectivity index (χ2n) is 7.53. The number of hydrogen-bond acceptors (Lipinski definition) is 8. The predicted molar refractivity (Wildman–Crippen MR) is 124 cm³/mol. The number of benzene rings is 3. The second-order valence-corrected chi connectivity index (χ2v) is 7.53. The number of fused-ring (bicyclic) bond motifs is 1. The number of carbonyl (C=O) groups is 1. The van der Waals surface area contributed by atoms with Crippen LogP contribution in [0.2, 0.25) is 0 Å². The molecule has 0 fully saturated rings. The summed E-state index contributed by atoms with van der Waals surface area (Å²) in [6.07, 6.45) is -1.44. The maximum absolute atomic E-state index is 13.0. The zero-order chi connectivity index (χ0) is 24.5. The Morgan fingerprint density at radius 3 is 2.69 bits per heavy atom. The van der Waals surface area contributed by atoms with E-state index in [1.54, 1.807) is 49.4 Å². The molecule has 35 heavy (non-hydrogen) atoms. The molecule has 1 aliphatic rings. The van der Waals surface area contributed by atoms with Crippen LogP contribution in [0.25, 0.3) is 16.8 Å². The van der Waals surface area contributed by atoms with Crippen molar-refractivity contribution in [2.24, 2.45) is 10.2 Å². The molecular formula is C24H18N4O7. The molecule has 3 aromatic carbocycles. The summed E-state index contributed by atoms with van der Waals surface area (Å²) in [5, 5.41) is 30.7. The van der Waals surface area contributed by atoms with Crippen molar-refractivity contribution >= 4 is 17.5 Å². The number of rotatable bonds is 5. The van der Waals surface area contributed by atoms with Gasteiger partial charge < -0.3 is 24.4 Å². The van der Waals surface area contributed by atoms with Gasteiger partial charge in [-0.15, -0.1) is 10.2 Å². The van der Waals surface area contributed by atoms with Gasteiger partial charge in [-0.3, -0.25) is 9.89 Å². The van der Waals surface area contributed by atoms with Gasteiger partial charge in [0.25, 0.3) is 5.56 Å². The Morgan fingerprint density at radius 2 is 1.86 bits per heavy atom. The van der Waals surface area contributed by atoms with Crippen LogP contribution in [0, 0.1) is 6.92 Å². The molecule has 11 heteroatoms. The number of aromatic amines is 1. The van der Waals surface area contributed by atoms with E-state index in [0.29, 0.717) is 34.0 Å². The first-order valence-corrected chi connectivity index (χ1v) is 10.4. The predicted octanol–water partition coefficient (Wildman–Crippen LogP) is 5.05. The van der Waals surface area contributed by atoms with E-state index in [2.05, 4.69) is 20.1 Å². The first kappa shape index (κ1) is 21.8. The summed E-state index contributed by atoms with van der Waals surface area (Å²) >= 11 is 0. The van der Waals surface area contributed by atoms with Gasteiger partial charge in [-0.2, -0.15) is 0 Å². The summed E-state index contributed by atoms with van der Waals surface area (Å²) in [7, 11) is 0. The summed E-state index contributed by atoms with van der Waals surface area (Å²) in [6, 6.07) is 16.2. The van der Waals surface area contributed by atoms with Gasteiger partial charge in [-0.05, 0) is 42.8 Å². The summed E-state index contributed by atoms with van der Waals surface area (Å²) < 4.78 is 16.7. The number of nitrogens with zero attached hydrogens (tertiary/aromatic N) is 3. The maximum atomic E-state index is 13.0. The highest BCUT2D eigenvalue weighted by Gasteiger charge is 2.18. The third-order valence-electron chi connectivity index (χ3n) is 5.28. The average molecular weight is 474 g/mol. The lowest BCUT2D eigenvalue weighted by atomic mass is 10.0. The van der Waals surface area contributed by atoms with E-state index in [9.17, 15) is 14.7 Å². The van der Waals surface area contributed by atoms with E-state index in [-0.39, 0.29) is 29.7 Å². The fourth-order valence-corrected chi connectivity index (χ4v) is 3.64. The number of azo groups is 1. The van der Waals surface area contributed by atoms with Gasteiger partial charge in [-0.1, -0.05) is 24.3 Å². The van der Waals surface area contributed by atoms with Gasteiger partial charge in [0.2, 0.25) is 6.79 Å². The van der Waals surface area contributed by atoms with Crippen LogP contribution in [-0.2, 0) is 0 Å². The number of aromatic nitrogens is 2. The smallest absolute Gasteiger partial charge is 0.505 e.